The van der Waals surface area contributed by atoms with E-state index in [0.717, 1.165) is 0 Å². The molecule has 0 spiro atoms. The number of ketones is 1. The van der Waals surface area contributed by atoms with Gasteiger partial charge in [-0.1, -0.05) is 55.4 Å². The maximum Gasteiger partial charge on any atom is 0.224 e. The van der Waals surface area contributed by atoms with Crippen molar-refractivity contribution in [1.82, 2.24) is 0 Å². The number of hydrogen-bond donors (Lipinski definition) is 3. The fourth-order valence-corrected chi connectivity index (χ4v) is 2.69. The van der Waals surface area contributed by atoms with Crippen molar-refractivity contribution in [1.29, 1.82) is 0 Å². The van der Waals surface area contributed by atoms with Crippen LogP contribution in [0.3, 0.4) is 0 Å². The van der Waals surface area contributed by atoms with Crippen molar-refractivity contribution in [3.05, 3.63) is 17.7 Å². The van der Waals surface area contributed by atoms with Crippen LogP contribution in [0.15, 0.2) is 12.1 Å². The fourth-order valence-electron chi connectivity index (χ4n) is 2.69. The molecule has 0 bridgehead atoms. The molecular formula is C22H35N3O3. The molecular weight excluding hydrogens is 354 g/mol. The Morgan fingerprint density at radius 2 is 1.21 bits per heavy atom. The average Bonchev–Trinajstić information content (AvgIpc) is 2.46. The standard InChI is InChI=1S/C22H35N3O3/c1-13(2)20(28)14-9-15(24-17(26)11-21(3,4)5)19(23)16(10-14)25-18(27)12-22(6,7)8/h9-10,13H,11-12,23H2,1-8H3,(H,24,26)(H,25,27). The molecule has 0 radical (unpaired) electrons. The number of carbonyl (C=O) groups excluding carboxylic acids is 3. The summed E-state index contributed by atoms with van der Waals surface area (Å²) in [5, 5.41) is 5.59. The van der Waals surface area contributed by atoms with E-state index in [0.29, 0.717) is 29.8 Å². The SMILES string of the molecule is CC(C)C(=O)c1cc(NC(=O)CC(C)(C)C)c(N)c(NC(=O)CC(C)(C)C)c1. The highest BCUT2D eigenvalue weighted by Crippen LogP contribution is 2.32. The zero-order valence-corrected chi connectivity index (χ0v) is 18.4. The molecule has 0 heterocycles. The van der Waals surface area contributed by atoms with Gasteiger partial charge in [-0.25, -0.2) is 0 Å². The summed E-state index contributed by atoms with van der Waals surface area (Å²) in [6.07, 6.45) is 0.612. The molecule has 2 amide bonds. The Balaban J connectivity index is 3.27. The van der Waals surface area contributed by atoms with Crippen LogP contribution in [-0.2, 0) is 9.59 Å². The molecule has 0 aliphatic heterocycles. The smallest absolute Gasteiger partial charge is 0.224 e. The summed E-state index contributed by atoms with van der Waals surface area (Å²) in [5.74, 6) is -0.696. The first-order valence-electron chi connectivity index (χ1n) is 9.66. The van der Waals surface area contributed by atoms with E-state index in [1.54, 1.807) is 26.0 Å². The lowest BCUT2D eigenvalue weighted by molar-refractivity contribution is -0.118. The second-order valence-electron chi connectivity index (χ2n) is 10.1. The number of nitrogens with two attached hydrogens (primary N) is 1. The lowest BCUT2D eigenvalue weighted by atomic mass is 9.91. The number of rotatable bonds is 6. The van der Waals surface area contributed by atoms with Gasteiger partial charge in [-0.2, -0.15) is 0 Å². The normalized spacial score (nSPS) is 12.0. The molecule has 6 heteroatoms. The summed E-state index contributed by atoms with van der Waals surface area (Å²) in [5.41, 5.74) is 7.16. The van der Waals surface area contributed by atoms with E-state index in [4.69, 9.17) is 5.73 Å². The minimum Gasteiger partial charge on any atom is -0.395 e. The van der Waals surface area contributed by atoms with Crippen molar-refractivity contribution >= 4 is 34.7 Å². The molecule has 1 rings (SSSR count). The Hall–Kier alpha value is -2.37. The second kappa shape index (κ2) is 8.76. The lowest BCUT2D eigenvalue weighted by Gasteiger charge is -2.21. The molecule has 0 saturated carbocycles. The van der Waals surface area contributed by atoms with Crippen LogP contribution in [0.25, 0.3) is 0 Å². The third-order valence-corrected chi connectivity index (χ3v) is 3.92. The predicted molar refractivity (Wildman–Crippen MR) is 115 cm³/mol. The molecule has 0 aromatic heterocycles. The number of hydrogen-bond acceptors (Lipinski definition) is 4. The van der Waals surface area contributed by atoms with Crippen LogP contribution in [0.1, 0.15) is 78.6 Å². The maximum atomic E-state index is 12.5. The Kier molecular flexibility index (Phi) is 7.40. The number of benzene rings is 1. The summed E-state index contributed by atoms with van der Waals surface area (Å²) < 4.78 is 0. The van der Waals surface area contributed by atoms with Crippen LogP contribution in [-0.4, -0.2) is 17.6 Å². The second-order valence-corrected chi connectivity index (χ2v) is 10.1. The van der Waals surface area contributed by atoms with Crippen molar-refractivity contribution in [2.45, 2.75) is 68.2 Å². The number of anilines is 3. The van der Waals surface area contributed by atoms with Crippen LogP contribution < -0.4 is 16.4 Å². The van der Waals surface area contributed by atoms with Crippen LogP contribution in [0.2, 0.25) is 0 Å². The minimum atomic E-state index is -0.222. The topological polar surface area (TPSA) is 101 Å². The fraction of sp³-hybridized carbons (Fsp3) is 0.591. The maximum absolute atomic E-state index is 12.5. The zero-order valence-electron chi connectivity index (χ0n) is 18.4. The Morgan fingerprint density at radius 1 is 0.857 bits per heavy atom. The Labute approximate surface area is 168 Å². The van der Waals surface area contributed by atoms with Gasteiger partial charge in [0.2, 0.25) is 11.8 Å². The average molecular weight is 390 g/mol. The first-order chi connectivity index (χ1) is 12.6. The first kappa shape index (κ1) is 23.7. The lowest BCUT2D eigenvalue weighted by Crippen LogP contribution is -2.23. The number of Topliss-reactive ketones (excluding diaryl/α,β-unsaturated/α-hetero) is 1. The van der Waals surface area contributed by atoms with Gasteiger partial charge in [0.1, 0.15) is 0 Å². The molecule has 6 nitrogen and oxygen atoms in total. The van der Waals surface area contributed by atoms with Crippen LogP contribution in [0.4, 0.5) is 17.1 Å². The molecule has 0 fully saturated rings. The Bertz CT molecular complexity index is 702. The highest BCUT2D eigenvalue weighted by atomic mass is 16.2. The molecule has 0 aliphatic rings. The number of carbonyl (C=O) groups is 3. The van der Waals surface area contributed by atoms with Crippen molar-refractivity contribution in [2.75, 3.05) is 16.4 Å². The predicted octanol–water partition coefficient (Wildman–Crippen LogP) is 4.86. The molecule has 1 aromatic carbocycles. The van der Waals surface area contributed by atoms with Gasteiger partial charge in [0.25, 0.3) is 0 Å². The summed E-state index contributed by atoms with van der Waals surface area (Å²) in [6, 6.07) is 3.16. The van der Waals surface area contributed by atoms with Gasteiger partial charge in [0.15, 0.2) is 5.78 Å². The zero-order chi connectivity index (χ0) is 21.9. The van der Waals surface area contributed by atoms with E-state index < -0.39 is 0 Å². The van der Waals surface area contributed by atoms with Crippen molar-refractivity contribution in [2.24, 2.45) is 16.7 Å². The van der Waals surface area contributed by atoms with Crippen molar-refractivity contribution in [3.8, 4) is 0 Å². The van der Waals surface area contributed by atoms with Gasteiger partial charge in [-0.05, 0) is 23.0 Å². The number of nitrogens with one attached hydrogen (secondary N) is 2. The summed E-state index contributed by atoms with van der Waals surface area (Å²) in [6.45, 7) is 15.4. The van der Waals surface area contributed by atoms with E-state index >= 15 is 0 Å². The van der Waals surface area contributed by atoms with E-state index in [1.807, 2.05) is 41.5 Å². The van der Waals surface area contributed by atoms with Gasteiger partial charge in [0.05, 0.1) is 17.1 Å². The molecule has 0 saturated heterocycles. The van der Waals surface area contributed by atoms with Crippen molar-refractivity contribution < 1.29 is 14.4 Å². The third kappa shape index (κ3) is 7.71. The molecule has 28 heavy (non-hydrogen) atoms. The summed E-state index contributed by atoms with van der Waals surface area (Å²) >= 11 is 0. The van der Waals surface area contributed by atoms with E-state index in [9.17, 15) is 14.4 Å². The number of nitrogen functional groups attached to an aromatic ring is 1. The quantitative estimate of drug-likeness (QED) is 0.478. The van der Waals surface area contributed by atoms with E-state index in [-0.39, 0.29) is 40.0 Å². The molecule has 156 valence electrons. The van der Waals surface area contributed by atoms with E-state index in [1.165, 1.54) is 0 Å². The van der Waals surface area contributed by atoms with Gasteiger partial charge >= 0.3 is 0 Å². The molecule has 1 aromatic rings. The monoisotopic (exact) mass is 389 g/mol. The molecule has 0 unspecified atom stereocenters. The van der Waals surface area contributed by atoms with Gasteiger partial charge < -0.3 is 16.4 Å². The van der Waals surface area contributed by atoms with Crippen LogP contribution in [0, 0.1) is 16.7 Å². The highest BCUT2D eigenvalue weighted by molar-refractivity contribution is 6.06. The van der Waals surface area contributed by atoms with Crippen LogP contribution in [0.5, 0.6) is 0 Å². The summed E-state index contributed by atoms with van der Waals surface area (Å²) in [7, 11) is 0. The molecule has 0 aliphatic carbocycles. The highest BCUT2D eigenvalue weighted by Gasteiger charge is 2.22. The minimum absolute atomic E-state index is 0.0855. The molecule has 0 atom stereocenters. The first-order valence-corrected chi connectivity index (χ1v) is 9.66. The largest absolute Gasteiger partial charge is 0.395 e. The van der Waals surface area contributed by atoms with Gasteiger partial charge in [0, 0.05) is 24.3 Å². The van der Waals surface area contributed by atoms with Gasteiger partial charge in [-0.15, -0.1) is 0 Å². The third-order valence-electron chi connectivity index (χ3n) is 3.92. The molecule has 4 N–H and O–H groups in total. The Morgan fingerprint density at radius 3 is 1.50 bits per heavy atom. The van der Waals surface area contributed by atoms with Crippen molar-refractivity contribution in [3.63, 3.8) is 0 Å². The summed E-state index contributed by atoms with van der Waals surface area (Å²) in [4.78, 5) is 37.3. The van der Waals surface area contributed by atoms with Crippen LogP contribution >= 0.6 is 0 Å². The number of amides is 2. The van der Waals surface area contributed by atoms with E-state index in [2.05, 4.69) is 10.6 Å². The van der Waals surface area contributed by atoms with Gasteiger partial charge in [-0.3, -0.25) is 14.4 Å².